The zero-order chi connectivity index (χ0) is 13.1. The molecule has 0 spiro atoms. The van der Waals surface area contributed by atoms with Gasteiger partial charge in [-0.3, -0.25) is 10.1 Å². The van der Waals surface area contributed by atoms with E-state index >= 15 is 0 Å². The van der Waals surface area contributed by atoms with Gasteiger partial charge in [-0.1, -0.05) is 20.3 Å². The Morgan fingerprint density at radius 2 is 2.39 bits per heavy atom. The highest BCUT2D eigenvalue weighted by atomic mass is 32.1. The van der Waals surface area contributed by atoms with Gasteiger partial charge in [0.25, 0.3) is 5.91 Å². The molecule has 3 atom stereocenters. The highest BCUT2D eigenvalue weighted by Crippen LogP contribution is 2.27. The van der Waals surface area contributed by atoms with Crippen LogP contribution in [0, 0.1) is 5.92 Å². The molecule has 1 amide bonds. The molecule has 0 aliphatic carbocycles. The van der Waals surface area contributed by atoms with Crippen molar-refractivity contribution < 1.29 is 9.53 Å². The number of hydrogen-bond acceptors (Lipinski definition) is 4. The second kappa shape index (κ2) is 5.80. The van der Waals surface area contributed by atoms with Gasteiger partial charge in [-0.05, 0) is 25.7 Å². The summed E-state index contributed by atoms with van der Waals surface area (Å²) >= 11 is 1.55. The topological polar surface area (TPSA) is 51.2 Å². The van der Waals surface area contributed by atoms with Crippen molar-refractivity contribution in [3.05, 3.63) is 11.1 Å². The van der Waals surface area contributed by atoms with E-state index in [-0.39, 0.29) is 24.0 Å². The molecule has 4 nitrogen and oxygen atoms in total. The quantitative estimate of drug-likeness (QED) is 0.913. The van der Waals surface area contributed by atoms with Crippen LogP contribution in [0.25, 0.3) is 0 Å². The number of anilines is 1. The normalized spacial score (nSPS) is 27.4. The molecule has 0 aromatic carbocycles. The third kappa shape index (κ3) is 3.09. The third-order valence-corrected chi connectivity index (χ3v) is 4.11. The molecule has 0 saturated carbocycles. The average Bonchev–Trinajstić information content (AvgIpc) is 2.86. The van der Waals surface area contributed by atoms with Gasteiger partial charge in [0.1, 0.15) is 6.10 Å². The van der Waals surface area contributed by atoms with E-state index in [2.05, 4.69) is 24.1 Å². The Hall–Kier alpha value is -0.940. The van der Waals surface area contributed by atoms with Crippen LogP contribution < -0.4 is 5.32 Å². The lowest BCUT2D eigenvalue weighted by Gasteiger charge is -2.13. The van der Waals surface area contributed by atoms with Gasteiger partial charge in [-0.15, -0.1) is 11.3 Å². The molecular weight excluding hydrogens is 248 g/mol. The van der Waals surface area contributed by atoms with E-state index in [0.717, 1.165) is 19.3 Å². The maximum Gasteiger partial charge on any atom is 0.255 e. The van der Waals surface area contributed by atoms with E-state index < -0.39 is 0 Å². The lowest BCUT2D eigenvalue weighted by molar-refractivity contribution is -0.127. The maximum atomic E-state index is 12.1. The van der Waals surface area contributed by atoms with Gasteiger partial charge in [-0.25, -0.2) is 4.98 Å². The molecule has 1 aromatic rings. The summed E-state index contributed by atoms with van der Waals surface area (Å²) in [7, 11) is 0. The molecule has 0 radical (unpaired) electrons. The van der Waals surface area contributed by atoms with Crippen molar-refractivity contribution in [2.24, 2.45) is 5.92 Å². The monoisotopic (exact) mass is 268 g/mol. The minimum absolute atomic E-state index is 0.0655. The Labute approximate surface area is 112 Å². The zero-order valence-corrected chi connectivity index (χ0v) is 11.9. The largest absolute Gasteiger partial charge is 0.365 e. The lowest BCUT2D eigenvalue weighted by atomic mass is 10.0. The Kier molecular flexibility index (Phi) is 4.35. The number of aryl methyl sites for hydroxylation is 1. The molecule has 1 aliphatic rings. The highest BCUT2D eigenvalue weighted by Gasteiger charge is 2.35. The van der Waals surface area contributed by atoms with E-state index in [1.807, 2.05) is 13.1 Å². The zero-order valence-electron chi connectivity index (χ0n) is 11.1. The minimum Gasteiger partial charge on any atom is -0.365 e. The summed E-state index contributed by atoms with van der Waals surface area (Å²) in [5, 5.41) is 3.54. The number of nitrogens with zero attached hydrogens (tertiary/aromatic N) is 1. The molecule has 0 unspecified atom stereocenters. The first-order valence-electron chi connectivity index (χ1n) is 6.51. The first kappa shape index (κ1) is 13.5. The van der Waals surface area contributed by atoms with Crippen LogP contribution in [-0.2, 0) is 16.0 Å². The summed E-state index contributed by atoms with van der Waals surface area (Å²) in [5.41, 5.74) is 0. The Morgan fingerprint density at radius 1 is 1.61 bits per heavy atom. The van der Waals surface area contributed by atoms with Crippen molar-refractivity contribution in [1.82, 2.24) is 4.98 Å². The van der Waals surface area contributed by atoms with Gasteiger partial charge in [0, 0.05) is 11.1 Å². The number of ether oxygens (including phenoxy) is 1. The molecule has 1 fully saturated rings. The fourth-order valence-electron chi connectivity index (χ4n) is 2.31. The predicted octanol–water partition coefficient (Wildman–Crippen LogP) is 2.85. The molecule has 1 saturated heterocycles. The number of thiazole rings is 1. The number of aromatic nitrogens is 1. The number of amides is 1. The first-order chi connectivity index (χ1) is 8.60. The fourth-order valence-corrected chi connectivity index (χ4v) is 3.23. The molecule has 2 rings (SSSR count). The van der Waals surface area contributed by atoms with Crippen molar-refractivity contribution in [3.8, 4) is 0 Å². The Balaban J connectivity index is 1.94. The van der Waals surface area contributed by atoms with Crippen LogP contribution in [0.5, 0.6) is 0 Å². The summed E-state index contributed by atoms with van der Waals surface area (Å²) in [6.07, 6.45) is 4.72. The van der Waals surface area contributed by atoms with Crippen LogP contribution in [0.15, 0.2) is 6.20 Å². The molecular formula is C13H20N2O2S. The summed E-state index contributed by atoms with van der Waals surface area (Å²) in [5.74, 6) is 0.208. The Morgan fingerprint density at radius 3 is 3.00 bits per heavy atom. The molecule has 1 aromatic heterocycles. The number of carbonyl (C=O) groups excluding carboxylic acids is 1. The van der Waals surface area contributed by atoms with Crippen molar-refractivity contribution in [2.75, 3.05) is 5.32 Å². The van der Waals surface area contributed by atoms with Crippen molar-refractivity contribution in [2.45, 2.75) is 52.2 Å². The van der Waals surface area contributed by atoms with Crippen LogP contribution in [0.2, 0.25) is 0 Å². The summed E-state index contributed by atoms with van der Waals surface area (Å²) in [4.78, 5) is 17.5. The standard InChI is InChI=1S/C13H20N2O2S/c1-4-5-10-7-14-13(18-10)15-12(16)11-8(2)6-9(3)17-11/h7-9,11H,4-6H2,1-3H3,(H,14,15,16)/t8-,9-,11-/m1/s1. The van der Waals surface area contributed by atoms with Gasteiger partial charge in [0.2, 0.25) is 0 Å². The fraction of sp³-hybridized carbons (Fsp3) is 0.692. The molecule has 0 bridgehead atoms. The molecule has 1 N–H and O–H groups in total. The number of carbonyl (C=O) groups is 1. The smallest absolute Gasteiger partial charge is 0.255 e. The molecule has 1 aliphatic heterocycles. The summed E-state index contributed by atoms with van der Waals surface area (Å²) < 4.78 is 5.63. The second-order valence-electron chi connectivity index (χ2n) is 4.95. The van der Waals surface area contributed by atoms with Gasteiger partial charge in [-0.2, -0.15) is 0 Å². The molecule has 2 heterocycles. The summed E-state index contributed by atoms with van der Waals surface area (Å²) in [6.45, 7) is 6.19. The van der Waals surface area contributed by atoms with Crippen molar-refractivity contribution >= 4 is 22.4 Å². The Bertz CT molecular complexity index is 419. The first-order valence-corrected chi connectivity index (χ1v) is 7.32. The van der Waals surface area contributed by atoms with Crippen molar-refractivity contribution in [3.63, 3.8) is 0 Å². The van der Waals surface area contributed by atoms with Crippen LogP contribution in [0.1, 0.15) is 38.5 Å². The number of hydrogen-bond donors (Lipinski definition) is 1. The van der Waals surface area contributed by atoms with E-state index in [0.29, 0.717) is 5.13 Å². The number of rotatable bonds is 4. The van der Waals surface area contributed by atoms with E-state index in [1.54, 1.807) is 11.3 Å². The highest BCUT2D eigenvalue weighted by molar-refractivity contribution is 7.15. The molecule has 5 heteroatoms. The third-order valence-electron chi connectivity index (χ3n) is 3.14. The van der Waals surface area contributed by atoms with Crippen LogP contribution in [-0.4, -0.2) is 23.1 Å². The van der Waals surface area contributed by atoms with Crippen LogP contribution >= 0.6 is 11.3 Å². The van der Waals surface area contributed by atoms with Gasteiger partial charge < -0.3 is 4.74 Å². The SMILES string of the molecule is CCCc1cnc(NC(=O)[C@@H]2O[C@H](C)C[C@H]2C)s1. The van der Waals surface area contributed by atoms with Crippen LogP contribution in [0.4, 0.5) is 5.13 Å². The van der Waals surface area contributed by atoms with Crippen molar-refractivity contribution in [1.29, 1.82) is 0 Å². The minimum atomic E-state index is -0.335. The lowest BCUT2D eigenvalue weighted by Crippen LogP contribution is -2.31. The van der Waals surface area contributed by atoms with Gasteiger partial charge >= 0.3 is 0 Å². The van der Waals surface area contributed by atoms with Crippen LogP contribution in [0.3, 0.4) is 0 Å². The summed E-state index contributed by atoms with van der Waals surface area (Å²) in [6, 6.07) is 0. The maximum absolute atomic E-state index is 12.1. The van der Waals surface area contributed by atoms with Gasteiger partial charge in [0.05, 0.1) is 6.10 Å². The van der Waals surface area contributed by atoms with E-state index in [9.17, 15) is 4.79 Å². The second-order valence-corrected chi connectivity index (χ2v) is 6.07. The molecule has 100 valence electrons. The van der Waals surface area contributed by atoms with E-state index in [1.165, 1.54) is 4.88 Å². The predicted molar refractivity (Wildman–Crippen MR) is 72.9 cm³/mol. The van der Waals surface area contributed by atoms with Gasteiger partial charge in [0.15, 0.2) is 5.13 Å². The average molecular weight is 268 g/mol. The molecule has 18 heavy (non-hydrogen) atoms. The van der Waals surface area contributed by atoms with E-state index in [4.69, 9.17) is 4.74 Å². The number of nitrogens with one attached hydrogen (secondary N) is 1.